The Bertz CT molecular complexity index is 697. The van der Waals surface area contributed by atoms with Crippen LogP contribution in [0.15, 0.2) is 60.7 Å². The molecule has 0 radical (unpaired) electrons. The first kappa shape index (κ1) is 21.1. The van der Waals surface area contributed by atoms with Crippen molar-refractivity contribution in [2.45, 2.75) is 19.5 Å². The lowest BCUT2D eigenvalue weighted by atomic mass is 10.2. The average Bonchev–Trinajstić information content (AvgIpc) is 2.61. The van der Waals surface area contributed by atoms with E-state index in [1.54, 1.807) is 0 Å². The number of carbonyl (C=O) groups excluding carboxylic acids is 1. The van der Waals surface area contributed by atoms with Gasteiger partial charge in [-0.2, -0.15) is 0 Å². The van der Waals surface area contributed by atoms with Gasteiger partial charge in [-0.3, -0.25) is 4.79 Å². The van der Waals surface area contributed by atoms with E-state index < -0.39 is 0 Å². The van der Waals surface area contributed by atoms with E-state index in [0.29, 0.717) is 13.0 Å². The van der Waals surface area contributed by atoms with Crippen LogP contribution in [0.3, 0.4) is 0 Å². The van der Waals surface area contributed by atoms with Crippen molar-refractivity contribution in [2.24, 2.45) is 0 Å². The highest BCUT2D eigenvalue weighted by Crippen LogP contribution is 2.11. The lowest BCUT2D eigenvalue weighted by Gasteiger charge is -2.30. The topological polar surface area (TPSA) is 26.3 Å². The first-order valence-electron chi connectivity index (χ1n) is 9.63. The third-order valence-corrected chi connectivity index (χ3v) is 4.79. The van der Waals surface area contributed by atoms with Crippen molar-refractivity contribution in [3.8, 4) is 0 Å². The highest BCUT2D eigenvalue weighted by atomic mass is 16.5. The number of nitrogens with zero attached hydrogens (tertiary/aromatic N) is 2. The van der Waals surface area contributed by atoms with Crippen LogP contribution < -0.4 is 0 Å². The minimum absolute atomic E-state index is 0.103. The summed E-state index contributed by atoms with van der Waals surface area (Å²) in [6.07, 6.45) is 0.450. The summed E-state index contributed by atoms with van der Waals surface area (Å²) in [5.74, 6) is -0.103. The van der Waals surface area contributed by atoms with Crippen LogP contribution >= 0.6 is 0 Å². The quantitative estimate of drug-likeness (QED) is 0.473. The van der Waals surface area contributed by atoms with Gasteiger partial charge < -0.3 is 13.7 Å². The lowest BCUT2D eigenvalue weighted by Crippen LogP contribution is -2.42. The Morgan fingerprint density at radius 1 is 0.741 bits per heavy atom. The second-order valence-electron chi connectivity index (χ2n) is 8.58. The third-order valence-electron chi connectivity index (χ3n) is 4.79. The number of hydrogen-bond donors (Lipinski definition) is 0. The Balaban J connectivity index is 1.69. The zero-order valence-electron chi connectivity index (χ0n) is 17.2. The van der Waals surface area contributed by atoms with Crippen LogP contribution in [-0.2, 0) is 22.6 Å². The number of rotatable bonds is 10. The normalized spacial score (nSPS) is 12.0. The SMILES string of the molecule is C[N+](C)(CCOC(=O)CC[N+](C)(C)Cc1ccccc1)Cc1ccccc1. The predicted molar refractivity (Wildman–Crippen MR) is 110 cm³/mol. The van der Waals surface area contributed by atoms with Gasteiger partial charge >= 0.3 is 5.97 Å². The zero-order chi connectivity index (χ0) is 19.8. The van der Waals surface area contributed by atoms with Gasteiger partial charge in [0.2, 0.25) is 0 Å². The molecule has 0 fully saturated rings. The molecule has 0 unspecified atom stereocenters. The van der Waals surface area contributed by atoms with Gasteiger partial charge in [0.05, 0.1) is 41.2 Å². The van der Waals surface area contributed by atoms with Gasteiger partial charge in [-0.05, 0) is 0 Å². The van der Waals surface area contributed by atoms with Crippen molar-refractivity contribution >= 4 is 5.97 Å². The molecule has 27 heavy (non-hydrogen) atoms. The summed E-state index contributed by atoms with van der Waals surface area (Å²) in [5, 5.41) is 0. The highest BCUT2D eigenvalue weighted by molar-refractivity contribution is 5.69. The molecule has 0 bridgehead atoms. The second-order valence-corrected chi connectivity index (χ2v) is 8.58. The fraction of sp³-hybridized carbons (Fsp3) is 0.435. The first-order chi connectivity index (χ1) is 12.8. The average molecular weight is 371 g/mol. The molecule has 2 aromatic rings. The van der Waals surface area contributed by atoms with Gasteiger partial charge in [-0.15, -0.1) is 0 Å². The summed E-state index contributed by atoms with van der Waals surface area (Å²) in [5.41, 5.74) is 2.59. The molecule has 0 aromatic heterocycles. The van der Waals surface area contributed by atoms with Crippen LogP contribution in [0.25, 0.3) is 0 Å². The molecule has 0 saturated carbocycles. The van der Waals surface area contributed by atoms with Crippen molar-refractivity contribution in [2.75, 3.05) is 47.9 Å². The maximum atomic E-state index is 12.1. The largest absolute Gasteiger partial charge is 0.460 e. The van der Waals surface area contributed by atoms with Crippen LogP contribution in [0.1, 0.15) is 17.5 Å². The van der Waals surface area contributed by atoms with Gasteiger partial charge in [0.1, 0.15) is 26.2 Å². The molecule has 2 aromatic carbocycles. The van der Waals surface area contributed by atoms with Crippen LogP contribution in [0.2, 0.25) is 0 Å². The summed E-state index contributed by atoms with van der Waals surface area (Å²) in [4.78, 5) is 12.1. The van der Waals surface area contributed by atoms with E-state index in [-0.39, 0.29) is 5.97 Å². The number of ether oxygens (including phenoxy) is 1. The molecule has 0 aliphatic heterocycles. The molecule has 146 valence electrons. The number of quaternary nitrogens is 2. The Labute approximate surface area is 164 Å². The molecule has 0 saturated heterocycles. The van der Waals surface area contributed by atoms with Gasteiger partial charge in [0, 0.05) is 11.1 Å². The maximum Gasteiger partial charge on any atom is 0.311 e. The standard InChI is InChI=1S/C23H34N2O2/c1-24(2,19-21-11-7-5-8-12-21)16-15-23(26)27-18-17-25(3,4)20-22-13-9-6-10-14-22/h5-14H,15-20H2,1-4H3/q+2. The van der Waals surface area contributed by atoms with Gasteiger partial charge in [0.25, 0.3) is 0 Å². The molecule has 0 heterocycles. The minimum Gasteiger partial charge on any atom is -0.460 e. The molecule has 2 rings (SSSR count). The molecule has 0 atom stereocenters. The number of carbonyl (C=O) groups is 1. The van der Waals surface area contributed by atoms with E-state index >= 15 is 0 Å². The number of likely N-dealkylation sites (N-methyl/N-ethyl adjacent to an activating group) is 1. The molecule has 0 aliphatic carbocycles. The van der Waals surface area contributed by atoms with Gasteiger partial charge in [-0.25, -0.2) is 0 Å². The van der Waals surface area contributed by atoms with E-state index in [2.05, 4.69) is 76.7 Å². The summed E-state index contributed by atoms with van der Waals surface area (Å²) in [6.45, 7) is 3.89. The van der Waals surface area contributed by atoms with E-state index in [0.717, 1.165) is 35.1 Å². The van der Waals surface area contributed by atoms with Crippen molar-refractivity contribution in [3.63, 3.8) is 0 Å². The minimum atomic E-state index is -0.103. The molecule has 0 N–H and O–H groups in total. The summed E-state index contributed by atoms with van der Waals surface area (Å²) in [6, 6.07) is 20.8. The van der Waals surface area contributed by atoms with Gasteiger partial charge in [-0.1, -0.05) is 60.7 Å². The van der Waals surface area contributed by atoms with Crippen LogP contribution in [0.4, 0.5) is 0 Å². The van der Waals surface area contributed by atoms with Gasteiger partial charge in [0.15, 0.2) is 0 Å². The molecule has 0 spiro atoms. The van der Waals surface area contributed by atoms with E-state index in [1.165, 1.54) is 11.1 Å². The highest BCUT2D eigenvalue weighted by Gasteiger charge is 2.20. The first-order valence-corrected chi connectivity index (χ1v) is 9.63. The Kier molecular flexibility index (Phi) is 7.57. The van der Waals surface area contributed by atoms with E-state index in [9.17, 15) is 4.79 Å². The summed E-state index contributed by atoms with van der Waals surface area (Å²) in [7, 11) is 8.64. The summed E-state index contributed by atoms with van der Waals surface area (Å²) >= 11 is 0. The van der Waals surface area contributed by atoms with Crippen LogP contribution in [0, 0.1) is 0 Å². The van der Waals surface area contributed by atoms with Crippen molar-refractivity contribution in [3.05, 3.63) is 71.8 Å². The Morgan fingerprint density at radius 2 is 1.19 bits per heavy atom. The molecular weight excluding hydrogens is 336 g/mol. The molecular formula is C23H34N2O2+2. The Morgan fingerprint density at radius 3 is 1.67 bits per heavy atom. The van der Waals surface area contributed by atoms with Crippen LogP contribution in [-0.4, -0.2) is 62.8 Å². The molecule has 0 aliphatic rings. The Hall–Kier alpha value is -2.17. The van der Waals surface area contributed by atoms with Crippen molar-refractivity contribution in [1.82, 2.24) is 0 Å². The summed E-state index contributed by atoms with van der Waals surface area (Å²) < 4.78 is 7.07. The second kappa shape index (κ2) is 9.67. The van der Waals surface area contributed by atoms with E-state index in [4.69, 9.17) is 4.74 Å². The molecule has 4 nitrogen and oxygen atoms in total. The van der Waals surface area contributed by atoms with Crippen molar-refractivity contribution in [1.29, 1.82) is 0 Å². The van der Waals surface area contributed by atoms with E-state index in [1.807, 2.05) is 12.1 Å². The zero-order valence-corrected chi connectivity index (χ0v) is 17.2. The number of esters is 1. The fourth-order valence-electron chi connectivity index (χ4n) is 3.19. The lowest BCUT2D eigenvalue weighted by molar-refractivity contribution is -0.904. The predicted octanol–water partition coefficient (Wildman–Crippen LogP) is 3.47. The monoisotopic (exact) mass is 370 g/mol. The van der Waals surface area contributed by atoms with Crippen molar-refractivity contribution < 1.29 is 18.5 Å². The smallest absolute Gasteiger partial charge is 0.311 e. The number of hydrogen-bond acceptors (Lipinski definition) is 2. The van der Waals surface area contributed by atoms with Crippen LogP contribution in [0.5, 0.6) is 0 Å². The molecule has 4 heteroatoms. The fourth-order valence-corrected chi connectivity index (χ4v) is 3.19. The number of benzene rings is 2. The molecule has 0 amide bonds. The maximum absolute atomic E-state index is 12.1. The third kappa shape index (κ3) is 8.37.